The minimum absolute atomic E-state index is 0.185. The van der Waals surface area contributed by atoms with E-state index in [1.807, 2.05) is 56.3 Å². The Bertz CT molecular complexity index is 1160. The van der Waals surface area contributed by atoms with Crippen molar-refractivity contribution in [1.82, 2.24) is 15.3 Å². The fourth-order valence-electron chi connectivity index (χ4n) is 5.30. The highest BCUT2D eigenvalue weighted by Gasteiger charge is 2.42. The SMILES string of the molecule is CC.CNCC1CCC=CC(N2C[C@@](C)(COC)c3cnc(Nc4ccc(N5CCCC5=O)cc4)nc32)=N1. The fourth-order valence-corrected chi connectivity index (χ4v) is 5.30. The number of amides is 1. The van der Waals surface area contributed by atoms with E-state index >= 15 is 0 Å². The van der Waals surface area contributed by atoms with Gasteiger partial charge in [-0.2, -0.15) is 4.98 Å². The fraction of sp³-hybridized carbons (Fsp3) is 0.517. The lowest BCUT2D eigenvalue weighted by Crippen LogP contribution is -2.38. The molecule has 2 atom stereocenters. The van der Waals surface area contributed by atoms with E-state index in [2.05, 4.69) is 39.6 Å². The second-order valence-corrected chi connectivity index (χ2v) is 10.0. The van der Waals surface area contributed by atoms with Crippen molar-refractivity contribution in [3.63, 3.8) is 0 Å². The molecule has 0 bridgehead atoms. The Morgan fingerprint density at radius 1 is 1.18 bits per heavy atom. The lowest BCUT2D eigenvalue weighted by atomic mass is 9.87. The summed E-state index contributed by atoms with van der Waals surface area (Å²) in [5.41, 5.74) is 2.61. The van der Waals surface area contributed by atoms with Crippen molar-refractivity contribution in [2.24, 2.45) is 4.99 Å². The number of likely N-dealkylation sites (N-methyl/N-ethyl adjacent to an activating group) is 1. The van der Waals surface area contributed by atoms with Gasteiger partial charge in [0, 0.05) is 61.7 Å². The van der Waals surface area contributed by atoms with Gasteiger partial charge in [0.05, 0.1) is 12.6 Å². The molecule has 0 radical (unpaired) electrons. The second kappa shape index (κ2) is 12.5. The number of ether oxygens (including phenoxy) is 1. The topological polar surface area (TPSA) is 95.0 Å². The predicted octanol–water partition coefficient (Wildman–Crippen LogP) is 4.43. The summed E-state index contributed by atoms with van der Waals surface area (Å²) in [4.78, 5) is 30.8. The summed E-state index contributed by atoms with van der Waals surface area (Å²) in [6.07, 6.45) is 9.79. The summed E-state index contributed by atoms with van der Waals surface area (Å²) in [6.45, 7) is 9.11. The van der Waals surface area contributed by atoms with Gasteiger partial charge in [0.25, 0.3) is 0 Å². The Balaban J connectivity index is 0.00000164. The molecule has 2 aromatic rings. The molecule has 1 aromatic carbocycles. The first-order valence-corrected chi connectivity index (χ1v) is 13.7. The third kappa shape index (κ3) is 5.89. The Morgan fingerprint density at radius 2 is 1.97 bits per heavy atom. The van der Waals surface area contributed by atoms with Crippen LogP contribution in [0.1, 0.15) is 52.0 Å². The van der Waals surface area contributed by atoms with Crippen molar-refractivity contribution >= 4 is 34.9 Å². The van der Waals surface area contributed by atoms with E-state index in [9.17, 15) is 4.79 Å². The number of anilines is 4. The molecule has 0 aliphatic carbocycles. The third-order valence-electron chi connectivity index (χ3n) is 7.12. The Morgan fingerprint density at radius 3 is 2.66 bits per heavy atom. The molecule has 0 saturated carbocycles. The second-order valence-electron chi connectivity index (χ2n) is 10.0. The highest BCUT2D eigenvalue weighted by atomic mass is 16.5. The van der Waals surface area contributed by atoms with E-state index in [1.165, 1.54) is 0 Å². The maximum Gasteiger partial charge on any atom is 0.229 e. The van der Waals surface area contributed by atoms with E-state index in [4.69, 9.17) is 14.7 Å². The molecule has 9 nitrogen and oxygen atoms in total. The number of benzene rings is 1. The van der Waals surface area contributed by atoms with Crippen LogP contribution in [0.15, 0.2) is 47.6 Å². The van der Waals surface area contributed by atoms with Crippen molar-refractivity contribution in [3.05, 3.63) is 48.2 Å². The van der Waals surface area contributed by atoms with E-state index in [1.54, 1.807) is 7.11 Å². The molecule has 1 amide bonds. The van der Waals surface area contributed by atoms with Gasteiger partial charge in [0.15, 0.2) is 0 Å². The van der Waals surface area contributed by atoms with Gasteiger partial charge in [0.1, 0.15) is 11.7 Å². The number of methoxy groups -OCH3 is 1. The number of fused-ring (bicyclic) bond motifs is 1. The van der Waals surface area contributed by atoms with Crippen LogP contribution in [0, 0.1) is 0 Å². The first-order valence-electron chi connectivity index (χ1n) is 13.7. The number of aromatic nitrogens is 2. The van der Waals surface area contributed by atoms with Gasteiger partial charge in [-0.15, -0.1) is 0 Å². The van der Waals surface area contributed by atoms with Crippen molar-refractivity contribution in [2.45, 2.75) is 57.9 Å². The van der Waals surface area contributed by atoms with E-state index < -0.39 is 0 Å². The van der Waals surface area contributed by atoms with Crippen LogP contribution < -0.4 is 20.4 Å². The first-order chi connectivity index (χ1) is 18.5. The first kappa shape index (κ1) is 27.7. The van der Waals surface area contributed by atoms with Crippen LogP contribution in [-0.2, 0) is 14.9 Å². The molecule has 3 aliphatic heterocycles. The average molecular weight is 520 g/mol. The average Bonchev–Trinajstić information content (AvgIpc) is 3.38. The van der Waals surface area contributed by atoms with E-state index in [-0.39, 0.29) is 17.4 Å². The smallest absolute Gasteiger partial charge is 0.229 e. The van der Waals surface area contributed by atoms with E-state index in [0.29, 0.717) is 19.0 Å². The van der Waals surface area contributed by atoms with Crippen LogP contribution in [0.25, 0.3) is 0 Å². The zero-order valence-corrected chi connectivity index (χ0v) is 23.3. The maximum absolute atomic E-state index is 12.1. The van der Waals surface area contributed by atoms with Crippen LogP contribution in [0.2, 0.25) is 0 Å². The quantitative estimate of drug-likeness (QED) is 0.559. The number of hydrogen-bond acceptors (Lipinski definition) is 8. The number of carbonyl (C=O) groups is 1. The van der Waals surface area contributed by atoms with Crippen molar-refractivity contribution < 1.29 is 9.53 Å². The molecule has 3 aliphatic rings. The summed E-state index contributed by atoms with van der Waals surface area (Å²) < 4.78 is 5.60. The molecular formula is C29H41N7O2. The van der Waals surface area contributed by atoms with E-state index in [0.717, 1.165) is 67.5 Å². The monoisotopic (exact) mass is 519 g/mol. The largest absolute Gasteiger partial charge is 0.384 e. The molecule has 1 aromatic heterocycles. The minimum Gasteiger partial charge on any atom is -0.384 e. The number of nitrogens with one attached hydrogen (secondary N) is 2. The van der Waals surface area contributed by atoms with Crippen molar-refractivity contribution in [1.29, 1.82) is 0 Å². The predicted molar refractivity (Wildman–Crippen MR) is 155 cm³/mol. The Hall–Kier alpha value is -3.30. The summed E-state index contributed by atoms with van der Waals surface area (Å²) >= 11 is 0. The molecule has 2 N–H and O–H groups in total. The summed E-state index contributed by atoms with van der Waals surface area (Å²) in [5, 5.41) is 6.60. The minimum atomic E-state index is -0.242. The molecule has 1 unspecified atom stereocenters. The Kier molecular flexibility index (Phi) is 9.12. The number of aliphatic imine (C=N–C) groups is 1. The molecule has 1 saturated heterocycles. The number of rotatable bonds is 7. The molecule has 204 valence electrons. The van der Waals surface area contributed by atoms with Gasteiger partial charge in [-0.1, -0.05) is 26.8 Å². The molecular weight excluding hydrogens is 478 g/mol. The molecule has 5 rings (SSSR count). The van der Waals surface area contributed by atoms with Crippen molar-refractivity contribution in [2.75, 3.05) is 55.5 Å². The molecule has 0 spiro atoms. The molecule has 9 heteroatoms. The van der Waals surface area contributed by atoms with Crippen LogP contribution in [0.4, 0.5) is 23.1 Å². The summed E-state index contributed by atoms with van der Waals surface area (Å²) in [5.74, 6) is 2.50. The Labute approximate surface area is 226 Å². The summed E-state index contributed by atoms with van der Waals surface area (Å²) in [7, 11) is 3.70. The third-order valence-corrected chi connectivity index (χ3v) is 7.12. The van der Waals surface area contributed by atoms with Crippen LogP contribution in [0.5, 0.6) is 0 Å². The maximum atomic E-state index is 12.1. The number of amidine groups is 1. The lowest BCUT2D eigenvalue weighted by Gasteiger charge is -2.25. The van der Waals surface area contributed by atoms with Gasteiger partial charge >= 0.3 is 0 Å². The number of nitrogens with zero attached hydrogens (tertiary/aromatic N) is 5. The standard InChI is InChI=1S/C27H35N7O2.C2H6/c1-27(18-36-3)17-34(23-8-5-4-7-20(30-23)15-28-2)25-22(27)16-29-26(32-25)31-19-10-12-21(13-11-19)33-14-6-9-24(33)35;1-2/h5,8,10-13,16,20,28H,4,6-7,9,14-15,17-18H2,1-3H3,(H,29,31,32);1-2H3/t20?,27-;/m0./s1. The van der Waals surface area contributed by atoms with Gasteiger partial charge < -0.3 is 25.2 Å². The molecule has 4 heterocycles. The molecule has 1 fully saturated rings. The van der Waals surface area contributed by atoms with Gasteiger partial charge in [-0.25, -0.2) is 4.98 Å². The summed E-state index contributed by atoms with van der Waals surface area (Å²) in [6, 6.07) is 8.08. The zero-order valence-electron chi connectivity index (χ0n) is 23.3. The molecule has 38 heavy (non-hydrogen) atoms. The van der Waals surface area contributed by atoms with Crippen molar-refractivity contribution in [3.8, 4) is 0 Å². The number of hydrogen-bond donors (Lipinski definition) is 2. The number of carbonyl (C=O) groups excluding carboxylic acids is 1. The van der Waals surface area contributed by atoms with Gasteiger partial charge in [-0.3, -0.25) is 9.79 Å². The van der Waals surface area contributed by atoms with Crippen LogP contribution >= 0.6 is 0 Å². The normalized spacial score (nSPS) is 22.5. The lowest BCUT2D eigenvalue weighted by molar-refractivity contribution is -0.117. The highest BCUT2D eigenvalue weighted by molar-refractivity contribution is 6.07. The zero-order chi connectivity index (χ0) is 27.1. The van der Waals surface area contributed by atoms with Crippen LogP contribution in [0.3, 0.4) is 0 Å². The number of allylic oxidation sites excluding steroid dienone is 1. The van der Waals surface area contributed by atoms with Gasteiger partial charge in [-0.05, 0) is 56.7 Å². The van der Waals surface area contributed by atoms with Gasteiger partial charge in [0.2, 0.25) is 11.9 Å². The van der Waals surface area contributed by atoms with Crippen LogP contribution in [-0.4, -0.2) is 68.2 Å². The highest BCUT2D eigenvalue weighted by Crippen LogP contribution is 2.40.